The minimum absolute atomic E-state index is 0.0746. The summed E-state index contributed by atoms with van der Waals surface area (Å²) in [5.41, 5.74) is 1.82. The molecule has 0 aliphatic carbocycles. The monoisotopic (exact) mass is 322 g/mol. The molecule has 1 saturated heterocycles. The van der Waals surface area contributed by atoms with E-state index in [-0.39, 0.29) is 5.92 Å². The molecule has 8 nitrogen and oxygen atoms in total. The van der Waals surface area contributed by atoms with Crippen LogP contribution in [0.15, 0.2) is 6.20 Å². The highest BCUT2D eigenvalue weighted by Gasteiger charge is 2.31. The predicted octanol–water partition coefficient (Wildman–Crippen LogP) is 0.231. The van der Waals surface area contributed by atoms with Crippen LogP contribution >= 0.6 is 0 Å². The van der Waals surface area contributed by atoms with Crippen molar-refractivity contribution in [2.75, 3.05) is 31.2 Å². The highest BCUT2D eigenvalue weighted by atomic mass is 32.2. The Morgan fingerprint density at radius 2 is 2.23 bits per heavy atom. The molecule has 1 atom stereocenters. The maximum Gasteiger partial charge on any atom is 0.211 e. The number of piperidine rings is 1. The highest BCUT2D eigenvalue weighted by molar-refractivity contribution is 7.88. The normalized spacial score (nSPS) is 22.7. The average Bonchev–Trinajstić information content (AvgIpc) is 3.12. The molecule has 9 heteroatoms. The van der Waals surface area contributed by atoms with Gasteiger partial charge in [0.05, 0.1) is 18.1 Å². The summed E-state index contributed by atoms with van der Waals surface area (Å²) >= 11 is 0. The van der Waals surface area contributed by atoms with Gasteiger partial charge in [0.2, 0.25) is 10.0 Å². The van der Waals surface area contributed by atoms with E-state index in [0.717, 1.165) is 48.8 Å². The number of sulfonamides is 1. The van der Waals surface area contributed by atoms with Crippen LogP contribution in [-0.2, 0) is 16.4 Å². The number of hydrogen-bond donors (Lipinski definition) is 1. The van der Waals surface area contributed by atoms with Crippen molar-refractivity contribution in [1.29, 1.82) is 0 Å². The van der Waals surface area contributed by atoms with Crippen LogP contribution in [-0.4, -0.2) is 58.2 Å². The molecule has 2 aromatic heterocycles. The second kappa shape index (κ2) is 4.88. The van der Waals surface area contributed by atoms with E-state index in [9.17, 15) is 8.42 Å². The first-order chi connectivity index (χ1) is 10.5. The molecule has 2 aliphatic heterocycles. The van der Waals surface area contributed by atoms with Crippen LogP contribution in [0, 0.1) is 0 Å². The van der Waals surface area contributed by atoms with Gasteiger partial charge in [0.25, 0.3) is 0 Å². The minimum Gasteiger partial charge on any atom is -0.368 e. The van der Waals surface area contributed by atoms with E-state index in [1.807, 2.05) is 0 Å². The third kappa shape index (κ3) is 2.15. The topological polar surface area (TPSA) is 92.5 Å². The molecule has 22 heavy (non-hydrogen) atoms. The number of fused-ring (bicyclic) bond motifs is 3. The molecule has 2 aromatic rings. The highest BCUT2D eigenvalue weighted by Crippen LogP contribution is 2.30. The largest absolute Gasteiger partial charge is 0.368 e. The van der Waals surface area contributed by atoms with Gasteiger partial charge in [-0.05, 0) is 12.8 Å². The molecular formula is C13H18N6O2S. The van der Waals surface area contributed by atoms with Crippen molar-refractivity contribution in [3.8, 4) is 0 Å². The summed E-state index contributed by atoms with van der Waals surface area (Å²) in [6.45, 7) is 1.93. The molecule has 0 bridgehead atoms. The van der Waals surface area contributed by atoms with Crippen LogP contribution in [0.25, 0.3) is 5.65 Å². The van der Waals surface area contributed by atoms with Gasteiger partial charge in [0.1, 0.15) is 11.6 Å². The predicted molar refractivity (Wildman–Crippen MR) is 81.4 cm³/mol. The van der Waals surface area contributed by atoms with E-state index in [1.165, 1.54) is 6.26 Å². The Kier molecular flexibility index (Phi) is 3.08. The molecule has 4 rings (SSSR count). The zero-order valence-corrected chi connectivity index (χ0v) is 13.2. The fourth-order valence-electron chi connectivity index (χ4n) is 3.37. The SMILES string of the molecule is CS(=O)(=O)N1CCC[C@H](c2nnc3cnc4c(n23)CCN4)C1. The van der Waals surface area contributed by atoms with Crippen LogP contribution in [0.2, 0.25) is 0 Å². The van der Waals surface area contributed by atoms with E-state index >= 15 is 0 Å². The maximum absolute atomic E-state index is 11.8. The Morgan fingerprint density at radius 3 is 3.05 bits per heavy atom. The molecule has 4 heterocycles. The Bertz CT molecular complexity index is 830. The van der Waals surface area contributed by atoms with Crippen molar-refractivity contribution in [3.05, 3.63) is 17.7 Å². The van der Waals surface area contributed by atoms with Gasteiger partial charge in [0.15, 0.2) is 5.65 Å². The summed E-state index contributed by atoms with van der Waals surface area (Å²) in [6, 6.07) is 0. The molecular weight excluding hydrogens is 304 g/mol. The zero-order chi connectivity index (χ0) is 15.3. The van der Waals surface area contributed by atoms with Crippen LogP contribution in [0.5, 0.6) is 0 Å². The molecule has 118 valence electrons. The summed E-state index contributed by atoms with van der Waals surface area (Å²) in [6.07, 6.45) is 5.64. The molecule has 0 radical (unpaired) electrons. The maximum atomic E-state index is 11.8. The molecule has 0 unspecified atom stereocenters. The third-order valence-electron chi connectivity index (χ3n) is 4.44. The number of hydrogen-bond acceptors (Lipinski definition) is 6. The second-order valence-corrected chi connectivity index (χ2v) is 7.92. The molecule has 0 spiro atoms. The van der Waals surface area contributed by atoms with E-state index < -0.39 is 10.0 Å². The standard InChI is InChI=1S/C13H18N6O2S/c1-22(20,21)18-6-2-3-9(8-18)13-17-16-11-7-15-12-10(19(11)13)4-5-14-12/h7,9,14H,2-6,8H2,1H3/t9-/m0/s1. The molecule has 0 aromatic carbocycles. The second-order valence-electron chi connectivity index (χ2n) is 5.94. The van der Waals surface area contributed by atoms with E-state index in [1.54, 1.807) is 10.5 Å². The number of anilines is 1. The first-order valence-corrected chi connectivity index (χ1v) is 9.31. The van der Waals surface area contributed by atoms with Gasteiger partial charge in [-0.25, -0.2) is 17.7 Å². The van der Waals surface area contributed by atoms with Crippen LogP contribution < -0.4 is 5.32 Å². The summed E-state index contributed by atoms with van der Waals surface area (Å²) in [5, 5.41) is 11.8. The lowest BCUT2D eigenvalue weighted by atomic mass is 9.99. The first kappa shape index (κ1) is 13.9. The summed E-state index contributed by atoms with van der Waals surface area (Å²) in [4.78, 5) is 4.36. The van der Waals surface area contributed by atoms with Crippen molar-refractivity contribution in [3.63, 3.8) is 0 Å². The average molecular weight is 322 g/mol. The number of nitrogens with zero attached hydrogens (tertiary/aromatic N) is 5. The number of aromatic nitrogens is 4. The van der Waals surface area contributed by atoms with Crippen molar-refractivity contribution in [1.82, 2.24) is 23.9 Å². The zero-order valence-electron chi connectivity index (χ0n) is 12.4. The van der Waals surface area contributed by atoms with Gasteiger partial charge >= 0.3 is 0 Å². The summed E-state index contributed by atoms with van der Waals surface area (Å²) < 4.78 is 27.2. The molecule has 0 amide bonds. The smallest absolute Gasteiger partial charge is 0.211 e. The number of rotatable bonds is 2. The molecule has 1 N–H and O–H groups in total. The van der Waals surface area contributed by atoms with Gasteiger partial charge in [-0.3, -0.25) is 4.40 Å². The van der Waals surface area contributed by atoms with E-state index in [4.69, 9.17) is 0 Å². The Hall–Kier alpha value is -1.74. The van der Waals surface area contributed by atoms with Crippen LogP contribution in [0.3, 0.4) is 0 Å². The minimum atomic E-state index is -3.16. The molecule has 2 aliphatic rings. The Balaban J connectivity index is 1.77. The fraction of sp³-hybridized carbons (Fsp3) is 0.615. The summed E-state index contributed by atoms with van der Waals surface area (Å²) in [7, 11) is -3.16. The van der Waals surface area contributed by atoms with Crippen molar-refractivity contribution >= 4 is 21.5 Å². The Morgan fingerprint density at radius 1 is 1.36 bits per heavy atom. The van der Waals surface area contributed by atoms with Gasteiger partial charge in [-0.2, -0.15) is 0 Å². The van der Waals surface area contributed by atoms with Crippen molar-refractivity contribution in [2.45, 2.75) is 25.2 Å². The lowest BCUT2D eigenvalue weighted by Crippen LogP contribution is -2.38. The molecule has 1 fully saturated rings. The lowest BCUT2D eigenvalue weighted by Gasteiger charge is -2.30. The van der Waals surface area contributed by atoms with Crippen LogP contribution in [0.4, 0.5) is 5.82 Å². The summed E-state index contributed by atoms with van der Waals surface area (Å²) in [5.74, 6) is 1.81. The quantitative estimate of drug-likeness (QED) is 0.851. The van der Waals surface area contributed by atoms with Gasteiger partial charge in [-0.15, -0.1) is 10.2 Å². The van der Waals surface area contributed by atoms with Crippen molar-refractivity contribution in [2.24, 2.45) is 0 Å². The lowest BCUT2D eigenvalue weighted by molar-refractivity contribution is 0.310. The Labute approximate surface area is 128 Å². The van der Waals surface area contributed by atoms with Crippen LogP contribution in [0.1, 0.15) is 30.3 Å². The molecule has 0 saturated carbocycles. The third-order valence-corrected chi connectivity index (χ3v) is 5.71. The van der Waals surface area contributed by atoms with E-state index in [2.05, 4.69) is 24.9 Å². The fourth-order valence-corrected chi connectivity index (χ4v) is 4.28. The van der Waals surface area contributed by atoms with Crippen molar-refractivity contribution < 1.29 is 8.42 Å². The van der Waals surface area contributed by atoms with Gasteiger partial charge in [-0.1, -0.05) is 0 Å². The van der Waals surface area contributed by atoms with E-state index in [0.29, 0.717) is 13.1 Å². The number of nitrogens with one attached hydrogen (secondary N) is 1. The first-order valence-electron chi connectivity index (χ1n) is 7.46. The van der Waals surface area contributed by atoms with Gasteiger partial charge in [0, 0.05) is 32.0 Å². The van der Waals surface area contributed by atoms with Gasteiger partial charge < -0.3 is 5.32 Å².